The lowest BCUT2D eigenvalue weighted by Gasteiger charge is -2.33. The third-order valence-electron chi connectivity index (χ3n) is 6.31. The molecule has 0 saturated heterocycles. The summed E-state index contributed by atoms with van der Waals surface area (Å²) in [5, 5.41) is 3.32. The van der Waals surface area contributed by atoms with Gasteiger partial charge in [-0.3, -0.25) is 13.9 Å². The van der Waals surface area contributed by atoms with Gasteiger partial charge in [0, 0.05) is 18.1 Å². The zero-order valence-electron chi connectivity index (χ0n) is 23.2. The number of halogens is 1. The summed E-state index contributed by atoms with van der Waals surface area (Å²) >= 11 is 5.99. The lowest BCUT2D eigenvalue weighted by Crippen LogP contribution is -2.52. The second-order valence-electron chi connectivity index (χ2n) is 9.73. The molecule has 0 spiro atoms. The van der Waals surface area contributed by atoms with Crippen molar-refractivity contribution in [1.29, 1.82) is 0 Å². The molecule has 3 rings (SSSR count). The number of amides is 2. The second-order valence-corrected chi connectivity index (χ2v) is 12.0. The van der Waals surface area contributed by atoms with Crippen molar-refractivity contribution in [2.45, 2.75) is 44.7 Å². The first-order valence-electron chi connectivity index (χ1n) is 13.1. The zero-order valence-corrected chi connectivity index (χ0v) is 24.8. The van der Waals surface area contributed by atoms with E-state index in [1.54, 1.807) is 49.6 Å². The minimum atomic E-state index is -4.15. The van der Waals surface area contributed by atoms with Gasteiger partial charge in [-0.05, 0) is 66.4 Å². The molecule has 10 heteroatoms. The van der Waals surface area contributed by atoms with Crippen LogP contribution in [-0.4, -0.2) is 51.4 Å². The molecule has 0 bridgehead atoms. The van der Waals surface area contributed by atoms with Gasteiger partial charge in [0.05, 0.1) is 17.7 Å². The molecule has 0 heterocycles. The molecular formula is C30H36ClN3O5S. The van der Waals surface area contributed by atoms with E-state index >= 15 is 0 Å². The monoisotopic (exact) mass is 585 g/mol. The van der Waals surface area contributed by atoms with Crippen LogP contribution in [0.4, 0.5) is 5.69 Å². The average molecular weight is 586 g/mol. The number of sulfonamides is 1. The summed E-state index contributed by atoms with van der Waals surface area (Å²) < 4.78 is 33.9. The van der Waals surface area contributed by atoms with Gasteiger partial charge in [0.2, 0.25) is 11.8 Å². The number of anilines is 1. The summed E-state index contributed by atoms with van der Waals surface area (Å²) in [6.45, 7) is 5.87. The van der Waals surface area contributed by atoms with Crippen LogP contribution in [0.3, 0.4) is 0 Å². The van der Waals surface area contributed by atoms with Crippen LogP contribution in [0, 0.1) is 5.92 Å². The standard InChI is InChI=1S/C30H36ClN3O5S/c1-5-28(30(36)32-19-22(2)3)33(20-23-11-15-26(39-4)16-12-23)29(35)21-34(25-9-7-6-8-10-25)40(37,38)27-17-13-24(31)14-18-27/h6-18,22,28H,5,19-21H2,1-4H3,(H,32,36)/t28-/m1/s1. The Morgan fingerprint density at radius 3 is 2.12 bits per heavy atom. The predicted molar refractivity (Wildman–Crippen MR) is 158 cm³/mol. The molecule has 0 fully saturated rings. The van der Waals surface area contributed by atoms with E-state index in [-0.39, 0.29) is 23.3 Å². The van der Waals surface area contributed by atoms with E-state index in [1.807, 2.05) is 32.9 Å². The van der Waals surface area contributed by atoms with Crippen LogP contribution in [0.25, 0.3) is 0 Å². The van der Waals surface area contributed by atoms with Gasteiger partial charge in [0.1, 0.15) is 18.3 Å². The number of hydrogen-bond acceptors (Lipinski definition) is 5. The molecule has 0 aliphatic carbocycles. The molecule has 2 amide bonds. The summed E-state index contributed by atoms with van der Waals surface area (Å²) in [4.78, 5) is 28.7. The molecule has 0 aromatic heterocycles. The molecule has 0 aliphatic heterocycles. The Balaban J connectivity index is 2.01. The minimum Gasteiger partial charge on any atom is -0.497 e. The highest BCUT2D eigenvalue weighted by atomic mass is 35.5. The molecule has 3 aromatic rings. The van der Waals surface area contributed by atoms with Gasteiger partial charge in [-0.1, -0.05) is 62.7 Å². The molecule has 0 saturated carbocycles. The summed E-state index contributed by atoms with van der Waals surface area (Å²) in [6, 6.07) is 20.6. The molecule has 40 heavy (non-hydrogen) atoms. The molecule has 1 N–H and O–H groups in total. The number of benzene rings is 3. The Hall–Kier alpha value is -3.56. The van der Waals surface area contributed by atoms with E-state index < -0.39 is 28.5 Å². The number of para-hydroxylation sites is 1. The molecule has 214 valence electrons. The van der Waals surface area contributed by atoms with Crippen LogP contribution in [0.2, 0.25) is 5.02 Å². The molecular weight excluding hydrogens is 550 g/mol. The number of nitrogens with one attached hydrogen (secondary N) is 1. The van der Waals surface area contributed by atoms with Crippen molar-refractivity contribution in [3.63, 3.8) is 0 Å². The fourth-order valence-electron chi connectivity index (χ4n) is 4.13. The van der Waals surface area contributed by atoms with Crippen LogP contribution in [0.15, 0.2) is 83.8 Å². The topological polar surface area (TPSA) is 96.0 Å². The maximum Gasteiger partial charge on any atom is 0.264 e. The van der Waals surface area contributed by atoms with Crippen molar-refractivity contribution < 1.29 is 22.7 Å². The highest BCUT2D eigenvalue weighted by Gasteiger charge is 2.33. The Bertz CT molecular complexity index is 1360. The van der Waals surface area contributed by atoms with Crippen LogP contribution in [-0.2, 0) is 26.2 Å². The molecule has 0 unspecified atom stereocenters. The highest BCUT2D eigenvalue weighted by molar-refractivity contribution is 7.92. The van der Waals surface area contributed by atoms with Gasteiger partial charge in [-0.2, -0.15) is 0 Å². The highest BCUT2D eigenvalue weighted by Crippen LogP contribution is 2.26. The predicted octanol–water partition coefficient (Wildman–Crippen LogP) is 5.12. The van der Waals surface area contributed by atoms with E-state index in [9.17, 15) is 18.0 Å². The Morgan fingerprint density at radius 2 is 1.57 bits per heavy atom. The van der Waals surface area contributed by atoms with Gasteiger partial charge in [-0.15, -0.1) is 0 Å². The van der Waals surface area contributed by atoms with Crippen molar-refractivity contribution in [3.8, 4) is 5.75 Å². The lowest BCUT2D eigenvalue weighted by molar-refractivity contribution is -0.140. The third-order valence-corrected chi connectivity index (χ3v) is 8.35. The number of carbonyl (C=O) groups is 2. The summed E-state index contributed by atoms with van der Waals surface area (Å²) in [7, 11) is -2.58. The normalized spacial score (nSPS) is 12.1. The maximum absolute atomic E-state index is 14.0. The fraction of sp³-hybridized carbons (Fsp3) is 0.333. The summed E-state index contributed by atoms with van der Waals surface area (Å²) in [6.07, 6.45) is 0.348. The SMILES string of the molecule is CC[C@H](C(=O)NCC(C)C)N(Cc1ccc(OC)cc1)C(=O)CN(c1ccccc1)S(=O)(=O)c1ccc(Cl)cc1. The Labute approximate surface area is 241 Å². The largest absolute Gasteiger partial charge is 0.497 e. The van der Waals surface area contributed by atoms with Crippen LogP contribution >= 0.6 is 11.6 Å². The first-order chi connectivity index (χ1) is 19.1. The average Bonchev–Trinajstić information content (AvgIpc) is 2.95. The van der Waals surface area contributed by atoms with Crippen molar-refractivity contribution in [1.82, 2.24) is 10.2 Å². The number of rotatable bonds is 13. The number of carbonyl (C=O) groups excluding carboxylic acids is 2. The van der Waals surface area contributed by atoms with Crippen molar-refractivity contribution in [2.24, 2.45) is 5.92 Å². The fourth-order valence-corrected chi connectivity index (χ4v) is 5.67. The van der Waals surface area contributed by atoms with E-state index in [0.29, 0.717) is 29.4 Å². The van der Waals surface area contributed by atoms with Gasteiger partial charge >= 0.3 is 0 Å². The third kappa shape index (κ3) is 7.99. The van der Waals surface area contributed by atoms with Gasteiger partial charge in [0.15, 0.2) is 0 Å². The zero-order chi connectivity index (χ0) is 29.3. The summed E-state index contributed by atoms with van der Waals surface area (Å²) in [5.41, 5.74) is 1.10. The number of hydrogen-bond donors (Lipinski definition) is 1. The van der Waals surface area contributed by atoms with Crippen molar-refractivity contribution >= 4 is 39.1 Å². The van der Waals surface area contributed by atoms with Gasteiger partial charge in [-0.25, -0.2) is 8.42 Å². The van der Waals surface area contributed by atoms with E-state index in [1.165, 1.54) is 29.2 Å². The van der Waals surface area contributed by atoms with E-state index in [4.69, 9.17) is 16.3 Å². The smallest absolute Gasteiger partial charge is 0.264 e. The minimum absolute atomic E-state index is 0.00280. The Kier molecular flexibility index (Phi) is 11.0. The molecule has 0 radical (unpaired) electrons. The first-order valence-corrected chi connectivity index (χ1v) is 14.9. The van der Waals surface area contributed by atoms with E-state index in [2.05, 4.69) is 5.32 Å². The van der Waals surface area contributed by atoms with Crippen molar-refractivity contribution in [3.05, 3.63) is 89.4 Å². The summed E-state index contributed by atoms with van der Waals surface area (Å²) in [5.74, 6) is 0.0894. The molecule has 8 nitrogen and oxygen atoms in total. The molecule has 0 aliphatic rings. The van der Waals surface area contributed by atoms with Crippen molar-refractivity contribution in [2.75, 3.05) is 24.5 Å². The Morgan fingerprint density at radius 1 is 0.950 bits per heavy atom. The van der Waals surface area contributed by atoms with E-state index in [0.717, 1.165) is 9.87 Å². The van der Waals surface area contributed by atoms with Gasteiger partial charge in [0.25, 0.3) is 10.0 Å². The lowest BCUT2D eigenvalue weighted by atomic mass is 10.1. The molecule has 1 atom stereocenters. The maximum atomic E-state index is 14.0. The van der Waals surface area contributed by atoms with Gasteiger partial charge < -0.3 is 15.0 Å². The van der Waals surface area contributed by atoms with Crippen LogP contribution in [0.5, 0.6) is 5.75 Å². The molecule has 3 aromatic carbocycles. The van der Waals surface area contributed by atoms with Crippen LogP contribution in [0.1, 0.15) is 32.8 Å². The number of nitrogens with zero attached hydrogens (tertiary/aromatic N) is 2. The number of ether oxygens (including phenoxy) is 1. The first kappa shape index (κ1) is 31.0. The quantitative estimate of drug-likeness (QED) is 0.300. The number of methoxy groups -OCH3 is 1. The van der Waals surface area contributed by atoms with Crippen LogP contribution < -0.4 is 14.4 Å². The second kappa shape index (κ2) is 14.2.